The number of likely N-dealkylation sites (tertiary alicyclic amines) is 1. The highest BCUT2D eigenvalue weighted by molar-refractivity contribution is 5.38. The highest BCUT2D eigenvalue weighted by Crippen LogP contribution is 2.41. The van der Waals surface area contributed by atoms with Crippen molar-refractivity contribution < 1.29 is 23.0 Å². The standard InChI is InChI=1S/C23H28FN3O4/c24-17-1-2-21(31-19-12-28-13-19)20(9-17)16-3-6-26(7-4-16)18-10-23(30-11-18)14-27(15-23)22-25-5-8-29-22/h1-2,5,8-9,16,18-19H,3-4,6-7,10-15H2/t18-/m0/s1. The molecule has 7 nitrogen and oxygen atoms in total. The molecule has 4 fully saturated rings. The van der Waals surface area contributed by atoms with Crippen molar-refractivity contribution in [3.05, 3.63) is 42.0 Å². The zero-order valence-electron chi connectivity index (χ0n) is 17.5. The largest absolute Gasteiger partial charge is 0.485 e. The quantitative estimate of drug-likeness (QED) is 0.724. The van der Waals surface area contributed by atoms with Crippen LogP contribution in [0.3, 0.4) is 0 Å². The molecular formula is C23H28FN3O4. The Morgan fingerprint density at radius 2 is 1.97 bits per heavy atom. The topological polar surface area (TPSA) is 60.2 Å². The molecule has 1 aromatic carbocycles. The van der Waals surface area contributed by atoms with Crippen LogP contribution in [0, 0.1) is 5.82 Å². The van der Waals surface area contributed by atoms with Crippen molar-refractivity contribution in [1.82, 2.24) is 9.88 Å². The van der Waals surface area contributed by atoms with E-state index in [0.29, 0.717) is 31.2 Å². The number of piperidine rings is 1. The van der Waals surface area contributed by atoms with E-state index in [1.807, 2.05) is 0 Å². The van der Waals surface area contributed by atoms with Crippen LogP contribution in [0.4, 0.5) is 10.4 Å². The molecule has 1 spiro atoms. The molecule has 8 heteroatoms. The van der Waals surface area contributed by atoms with Crippen molar-refractivity contribution in [3.8, 4) is 5.75 Å². The Morgan fingerprint density at radius 1 is 1.13 bits per heavy atom. The van der Waals surface area contributed by atoms with E-state index in [0.717, 1.165) is 63.4 Å². The number of anilines is 1. The van der Waals surface area contributed by atoms with Gasteiger partial charge >= 0.3 is 0 Å². The zero-order chi connectivity index (χ0) is 20.8. The van der Waals surface area contributed by atoms with Crippen molar-refractivity contribution in [2.45, 2.75) is 42.9 Å². The molecule has 166 valence electrons. The van der Waals surface area contributed by atoms with E-state index in [4.69, 9.17) is 18.6 Å². The SMILES string of the molecule is Fc1ccc(OC2COC2)c(C2CCN([C@@H]3COC4(C3)CN(c3ncco3)C4)CC2)c1. The molecule has 0 unspecified atom stereocenters. The van der Waals surface area contributed by atoms with Gasteiger partial charge < -0.3 is 23.5 Å². The molecule has 4 aliphatic heterocycles. The normalized spacial score (nSPS) is 26.7. The summed E-state index contributed by atoms with van der Waals surface area (Å²) in [5, 5.41) is 0. The van der Waals surface area contributed by atoms with E-state index < -0.39 is 0 Å². The van der Waals surface area contributed by atoms with Crippen LogP contribution in [0.1, 0.15) is 30.7 Å². The number of halogens is 1. The number of hydrogen-bond acceptors (Lipinski definition) is 7. The third kappa shape index (κ3) is 3.70. The summed E-state index contributed by atoms with van der Waals surface area (Å²) in [7, 11) is 0. The smallest absolute Gasteiger partial charge is 0.297 e. The number of hydrogen-bond donors (Lipinski definition) is 0. The molecule has 0 radical (unpaired) electrons. The molecule has 4 saturated heterocycles. The summed E-state index contributed by atoms with van der Waals surface area (Å²) in [6, 6.07) is 6.06. The van der Waals surface area contributed by atoms with Crippen molar-refractivity contribution in [1.29, 1.82) is 0 Å². The van der Waals surface area contributed by atoms with Crippen molar-refractivity contribution in [2.24, 2.45) is 0 Å². The highest BCUT2D eigenvalue weighted by atomic mass is 19.1. The molecule has 0 saturated carbocycles. The maximum atomic E-state index is 14.0. The van der Waals surface area contributed by atoms with E-state index in [-0.39, 0.29) is 17.5 Å². The van der Waals surface area contributed by atoms with Gasteiger partial charge in [-0.05, 0) is 56.5 Å². The van der Waals surface area contributed by atoms with Gasteiger partial charge in [0.25, 0.3) is 6.01 Å². The maximum Gasteiger partial charge on any atom is 0.297 e. The minimum Gasteiger partial charge on any atom is -0.485 e. The van der Waals surface area contributed by atoms with E-state index in [1.54, 1.807) is 24.6 Å². The lowest BCUT2D eigenvalue weighted by molar-refractivity contribution is -0.0801. The molecule has 0 bridgehead atoms. The molecule has 2 aromatic rings. The van der Waals surface area contributed by atoms with Gasteiger partial charge in [0.05, 0.1) is 39.1 Å². The van der Waals surface area contributed by atoms with Gasteiger partial charge in [-0.15, -0.1) is 0 Å². The third-order valence-corrected chi connectivity index (χ3v) is 7.20. The Morgan fingerprint density at radius 3 is 2.68 bits per heavy atom. The average molecular weight is 429 g/mol. The van der Waals surface area contributed by atoms with Gasteiger partial charge in [-0.2, -0.15) is 0 Å². The second-order valence-corrected chi connectivity index (χ2v) is 9.29. The third-order valence-electron chi connectivity index (χ3n) is 7.20. The van der Waals surface area contributed by atoms with Crippen molar-refractivity contribution in [2.75, 3.05) is 50.9 Å². The number of rotatable bonds is 5. The monoisotopic (exact) mass is 429 g/mol. The number of aromatic nitrogens is 1. The summed E-state index contributed by atoms with van der Waals surface area (Å²) >= 11 is 0. The molecule has 6 rings (SSSR count). The fourth-order valence-electron chi connectivity index (χ4n) is 5.41. The summed E-state index contributed by atoms with van der Waals surface area (Å²) in [6.45, 7) is 5.70. The van der Waals surface area contributed by atoms with Crippen LogP contribution in [0.15, 0.2) is 35.1 Å². The second-order valence-electron chi connectivity index (χ2n) is 9.29. The van der Waals surface area contributed by atoms with Gasteiger partial charge in [0.2, 0.25) is 0 Å². The van der Waals surface area contributed by atoms with Crippen LogP contribution in [-0.4, -0.2) is 73.6 Å². The fraction of sp³-hybridized carbons (Fsp3) is 0.609. The van der Waals surface area contributed by atoms with E-state index in [9.17, 15) is 4.39 Å². The Bertz CT molecular complexity index is 906. The number of nitrogens with zero attached hydrogens (tertiary/aromatic N) is 3. The lowest BCUT2D eigenvalue weighted by atomic mass is 9.86. The maximum absolute atomic E-state index is 14.0. The van der Waals surface area contributed by atoms with Gasteiger partial charge in [-0.3, -0.25) is 4.90 Å². The zero-order valence-corrected chi connectivity index (χ0v) is 17.5. The second kappa shape index (κ2) is 7.76. The van der Waals surface area contributed by atoms with Crippen molar-refractivity contribution in [3.63, 3.8) is 0 Å². The average Bonchev–Trinajstić information content (AvgIpc) is 3.41. The van der Waals surface area contributed by atoms with Gasteiger partial charge in [-0.1, -0.05) is 0 Å². The van der Waals surface area contributed by atoms with Crippen LogP contribution < -0.4 is 9.64 Å². The van der Waals surface area contributed by atoms with Gasteiger partial charge in [0.15, 0.2) is 0 Å². The number of benzene rings is 1. The molecule has 4 aliphatic rings. The van der Waals surface area contributed by atoms with Gasteiger partial charge in [-0.25, -0.2) is 9.37 Å². The lowest BCUT2D eigenvalue weighted by Gasteiger charge is -2.46. The molecule has 0 N–H and O–H groups in total. The van der Waals surface area contributed by atoms with Crippen LogP contribution in [0.5, 0.6) is 5.75 Å². The lowest BCUT2D eigenvalue weighted by Crippen LogP contribution is -2.62. The Kier molecular flexibility index (Phi) is 4.89. The first-order valence-electron chi connectivity index (χ1n) is 11.2. The first-order chi connectivity index (χ1) is 15.2. The molecule has 0 aliphatic carbocycles. The van der Waals surface area contributed by atoms with E-state index >= 15 is 0 Å². The number of ether oxygens (including phenoxy) is 3. The molecule has 31 heavy (non-hydrogen) atoms. The first kappa shape index (κ1) is 19.5. The predicted octanol–water partition coefficient (Wildman–Crippen LogP) is 2.82. The molecule has 5 heterocycles. The predicted molar refractivity (Wildman–Crippen MR) is 111 cm³/mol. The van der Waals surface area contributed by atoms with Crippen molar-refractivity contribution >= 4 is 6.01 Å². The highest BCUT2D eigenvalue weighted by Gasteiger charge is 2.52. The fourth-order valence-corrected chi connectivity index (χ4v) is 5.41. The minimum atomic E-state index is -0.193. The van der Waals surface area contributed by atoms with E-state index in [1.165, 1.54) is 6.07 Å². The van der Waals surface area contributed by atoms with Gasteiger partial charge in [0, 0.05) is 11.6 Å². The summed E-state index contributed by atoms with van der Waals surface area (Å²) < 4.78 is 36.9. The Balaban J connectivity index is 1.05. The van der Waals surface area contributed by atoms with Crippen LogP contribution >= 0.6 is 0 Å². The Labute approximate surface area is 181 Å². The Hall–Kier alpha value is -2.16. The first-order valence-corrected chi connectivity index (χ1v) is 11.2. The number of oxazole rings is 1. The molecule has 1 aromatic heterocycles. The van der Waals surface area contributed by atoms with Gasteiger partial charge in [0.1, 0.15) is 29.5 Å². The summed E-state index contributed by atoms with van der Waals surface area (Å²) in [6.07, 6.45) is 6.44. The van der Waals surface area contributed by atoms with E-state index in [2.05, 4.69) is 14.8 Å². The summed E-state index contributed by atoms with van der Waals surface area (Å²) in [5.41, 5.74) is 0.941. The molecule has 1 atom stereocenters. The molecular weight excluding hydrogens is 401 g/mol. The summed E-state index contributed by atoms with van der Waals surface area (Å²) in [5.74, 6) is 0.946. The molecule has 0 amide bonds. The summed E-state index contributed by atoms with van der Waals surface area (Å²) in [4.78, 5) is 8.91. The van der Waals surface area contributed by atoms with Crippen LogP contribution in [0.2, 0.25) is 0 Å². The van der Waals surface area contributed by atoms with Crippen LogP contribution in [-0.2, 0) is 9.47 Å². The minimum absolute atomic E-state index is 0.0651. The van der Waals surface area contributed by atoms with Crippen LogP contribution in [0.25, 0.3) is 0 Å².